The molecule has 9 aliphatic rings. The average Bonchev–Trinajstić information content (AvgIpc) is 1.44. The highest BCUT2D eigenvalue weighted by atomic mass is 32.3. The fourth-order valence-corrected chi connectivity index (χ4v) is 17.7. The summed E-state index contributed by atoms with van der Waals surface area (Å²) in [6, 6.07) is 0. The van der Waals surface area contributed by atoms with E-state index in [1.165, 1.54) is 12.5 Å². The Morgan fingerprint density at radius 2 is 1.23 bits per heavy atom. The number of methoxy groups -OCH3 is 1. The third-order valence-electron chi connectivity index (χ3n) is 20.7. The van der Waals surface area contributed by atoms with Gasteiger partial charge in [-0.3, -0.25) is 22.1 Å². The van der Waals surface area contributed by atoms with Gasteiger partial charge in [0.2, 0.25) is 31.2 Å². The van der Waals surface area contributed by atoms with Gasteiger partial charge < -0.3 is 96.8 Å². The van der Waals surface area contributed by atoms with E-state index in [0.717, 1.165) is 20.0 Å². The number of aliphatic hydroxyl groups is 7. The van der Waals surface area contributed by atoms with E-state index in [2.05, 4.69) is 32.5 Å². The van der Waals surface area contributed by atoms with Gasteiger partial charge in [0.25, 0.3) is 0 Å². The largest absolute Gasteiger partial charge is 0.726 e. The highest BCUT2D eigenvalue weighted by Crippen LogP contribution is 2.76. The second-order valence-corrected chi connectivity index (χ2v) is 29.9. The van der Waals surface area contributed by atoms with Gasteiger partial charge in [0, 0.05) is 31.3 Å². The number of fused-ring (bicyclic) bond motifs is 4. The number of ketones is 1. The van der Waals surface area contributed by atoms with Gasteiger partial charge in [-0.1, -0.05) is 53.2 Å². The molecule has 0 aromatic rings. The first kappa shape index (κ1) is 70.2. The lowest BCUT2D eigenvalue weighted by Gasteiger charge is -2.64. The number of rotatable bonds is 21. The van der Waals surface area contributed by atoms with Crippen molar-refractivity contribution in [1.82, 2.24) is 0 Å². The summed E-state index contributed by atoms with van der Waals surface area (Å²) in [6.45, 7) is 12.6. The molecule has 5 aliphatic heterocycles. The van der Waals surface area contributed by atoms with Crippen LogP contribution in [-0.4, -0.2) is 242 Å². The lowest BCUT2D eigenvalue weighted by molar-refractivity contribution is -0.389. The molecule has 1 spiro atoms. The Morgan fingerprint density at radius 3 is 1.81 bits per heavy atom. The summed E-state index contributed by atoms with van der Waals surface area (Å²) >= 11 is 0. The van der Waals surface area contributed by atoms with Gasteiger partial charge in [-0.15, -0.1) is 0 Å². The van der Waals surface area contributed by atoms with Crippen molar-refractivity contribution in [1.29, 1.82) is 0 Å². The topological polar surface area (TPSA) is 467 Å². The predicted molar refractivity (Wildman–Crippen MR) is 286 cm³/mol. The average molecular weight is 1320 g/mol. The summed E-state index contributed by atoms with van der Waals surface area (Å²) in [6.07, 6.45) is -30.6. The summed E-state index contributed by atoms with van der Waals surface area (Å²) in [5, 5.41) is 80.0. The standard InChI is InChI=1S/C54H86O31S3/c1-23(2)18-25(55)19-53(8)32-13-16-52(7)27-10-11-31-50(4,5)33(14-15-51(31,6)26(27)12-17-54(32,52)49(63)84-53)80-48-44(36(58)30(20-74-48)85-88(70,71)72)83-45-38(60)37(59)41(24(3)77-45)81-47-40(62)43(35(57)29(79-47)22-76-87(67,68)69)82-46-39(61)42(73-9)34(56)28(78-46)21-75-86(64,65)66/h10,23-24,26,28-48,56-62H,11-22H2,1-9H3,(H,64,65,66)(H,67,68,69)(H,70,71,72)/p-3/t24-,26-,28-,29-,30-,31+,32-,33+,34-,35-,36+,37-,38-,39-,40-,41-,42+,43+,44-,45+,46+,47+,48+,51-,52+,53+,54-/m1/s1. The van der Waals surface area contributed by atoms with E-state index in [1.807, 2.05) is 34.6 Å². The van der Waals surface area contributed by atoms with Crippen LogP contribution in [0.1, 0.15) is 113 Å². The van der Waals surface area contributed by atoms with Crippen LogP contribution in [0.15, 0.2) is 11.6 Å². The first-order valence-corrected chi connectivity index (χ1v) is 33.5. The zero-order chi connectivity index (χ0) is 65.0. The van der Waals surface area contributed by atoms with Crippen molar-refractivity contribution < 1.29 is 144 Å². The Hall–Kier alpha value is -2.15. The van der Waals surface area contributed by atoms with Crippen LogP contribution in [0.5, 0.6) is 0 Å². The molecule has 0 aromatic carbocycles. The molecule has 506 valence electrons. The minimum Gasteiger partial charge on any atom is -0.726 e. The maximum absolute atomic E-state index is 14.4. The highest BCUT2D eigenvalue weighted by molar-refractivity contribution is 7.81. The zero-order valence-electron chi connectivity index (χ0n) is 50.1. The Labute approximate surface area is 510 Å². The lowest BCUT2D eigenvalue weighted by Crippen LogP contribution is -2.67. The number of hydrogen-bond acceptors (Lipinski definition) is 31. The molecule has 3 saturated carbocycles. The molecule has 88 heavy (non-hydrogen) atoms. The van der Waals surface area contributed by atoms with Crippen LogP contribution in [0.3, 0.4) is 0 Å². The van der Waals surface area contributed by atoms with E-state index in [4.69, 9.17) is 47.4 Å². The van der Waals surface area contributed by atoms with Crippen molar-refractivity contribution in [2.45, 2.75) is 242 Å². The van der Waals surface area contributed by atoms with Crippen LogP contribution in [0.4, 0.5) is 0 Å². The number of carbonyl (C=O) groups is 2. The van der Waals surface area contributed by atoms with Crippen LogP contribution >= 0.6 is 0 Å². The molecule has 0 aromatic heterocycles. The number of allylic oxidation sites excluding steroid dienone is 2. The van der Waals surface area contributed by atoms with E-state index in [1.54, 1.807) is 0 Å². The van der Waals surface area contributed by atoms with Crippen LogP contribution in [-0.2, 0) is 101 Å². The van der Waals surface area contributed by atoms with Crippen molar-refractivity contribution in [3.05, 3.63) is 11.6 Å². The molecule has 0 unspecified atom stereocenters. The first-order valence-electron chi connectivity index (χ1n) is 29.5. The zero-order valence-corrected chi connectivity index (χ0v) is 52.5. The van der Waals surface area contributed by atoms with E-state index >= 15 is 0 Å². The minimum absolute atomic E-state index is 0.0442. The Morgan fingerprint density at radius 1 is 0.659 bits per heavy atom. The van der Waals surface area contributed by atoms with Gasteiger partial charge in [-0.25, -0.2) is 25.3 Å². The van der Waals surface area contributed by atoms with Crippen LogP contribution in [0.25, 0.3) is 0 Å². The Balaban J connectivity index is 0.912. The summed E-state index contributed by atoms with van der Waals surface area (Å²) in [5.41, 5.74) is -1.99. The molecule has 0 radical (unpaired) electrons. The molecule has 7 N–H and O–H groups in total. The maximum Gasteiger partial charge on any atom is 0.313 e. The molecule has 31 nitrogen and oxygen atoms in total. The fraction of sp³-hybridized carbons (Fsp3) is 0.926. The van der Waals surface area contributed by atoms with Crippen molar-refractivity contribution in [2.24, 2.45) is 45.3 Å². The third kappa shape index (κ3) is 13.3. The predicted octanol–water partition coefficient (Wildman–Crippen LogP) is -1.68. The van der Waals surface area contributed by atoms with Gasteiger partial charge in [-0.2, -0.15) is 0 Å². The molecule has 0 amide bonds. The van der Waals surface area contributed by atoms with Crippen LogP contribution < -0.4 is 0 Å². The number of aliphatic hydroxyl groups excluding tert-OH is 7. The molecule has 5 heterocycles. The molecule has 0 bridgehead atoms. The maximum atomic E-state index is 14.4. The first-order chi connectivity index (χ1) is 40.7. The number of esters is 1. The lowest BCUT2D eigenvalue weighted by atomic mass is 9.41. The SMILES string of the molecule is CO[C@@H]1[C@@H](O)[C@H](O[C@@H]2[C@@H](O)[C@H](O[C@H]3[C@H](O)[C@@H](O)[C@H](O[C@H]4[C@H](O[C@H]5CC[C@]6(C)[C@@H]7CC[C@]89C(=O)O[C@@](C)(CC(=O)CC(C)C)[C@H]8CC[C@@]9(C)C7=CC[C@H]6C5(C)C)OC[C@@H](OS(=O)(=O)[O-])[C@@H]4O)O[C@@H]3C)O[C@H](COS(=O)(=O)[O-])[C@H]2O)O[C@H](COS(=O)(=O)[O-])[C@H]1O. The summed E-state index contributed by atoms with van der Waals surface area (Å²) in [4.78, 5) is 27.7. The van der Waals surface area contributed by atoms with Crippen LogP contribution in [0.2, 0.25) is 0 Å². The van der Waals surface area contributed by atoms with Crippen molar-refractivity contribution in [2.75, 3.05) is 26.9 Å². The molecule has 5 saturated heterocycles. The Bertz CT molecular complexity index is 2910. The minimum atomic E-state index is -5.51. The molecule has 34 heteroatoms. The number of Topliss-reactive ketones (excluding diaryl/α,β-unsaturated/α-hetero) is 1. The fourth-order valence-electron chi connectivity index (χ4n) is 16.6. The van der Waals surface area contributed by atoms with Gasteiger partial charge >= 0.3 is 5.97 Å². The summed E-state index contributed by atoms with van der Waals surface area (Å²) in [7, 11) is -15.4. The van der Waals surface area contributed by atoms with Crippen molar-refractivity contribution >= 4 is 42.9 Å². The van der Waals surface area contributed by atoms with Crippen molar-refractivity contribution in [3.63, 3.8) is 0 Å². The number of carbonyl (C=O) groups excluding carboxylic acids is 2. The second kappa shape index (κ2) is 25.5. The highest BCUT2D eigenvalue weighted by Gasteiger charge is 2.76. The van der Waals surface area contributed by atoms with Gasteiger partial charge in [0.15, 0.2) is 25.2 Å². The molecule has 27 atom stereocenters. The molecular formula is C54H83O31S3-3. The third-order valence-corrected chi connectivity index (χ3v) is 22.0. The molecule has 4 aliphatic carbocycles. The second-order valence-electron chi connectivity index (χ2n) is 26.8. The molecule has 8 fully saturated rings. The smallest absolute Gasteiger partial charge is 0.313 e. The summed E-state index contributed by atoms with van der Waals surface area (Å²) < 4.78 is 176. The quantitative estimate of drug-likeness (QED) is 0.0292. The van der Waals surface area contributed by atoms with Gasteiger partial charge in [0.05, 0.1) is 37.4 Å². The summed E-state index contributed by atoms with van der Waals surface area (Å²) in [5.74, 6) is -0.111. The van der Waals surface area contributed by atoms with E-state index < -0.39 is 196 Å². The number of cyclic esters (lactones) is 1. The number of hydrogen-bond donors (Lipinski definition) is 7. The van der Waals surface area contributed by atoms with E-state index in [-0.39, 0.29) is 47.3 Å². The molecule has 9 rings (SSSR count). The van der Waals surface area contributed by atoms with E-state index in [9.17, 15) is 84.2 Å². The van der Waals surface area contributed by atoms with Gasteiger partial charge in [0.1, 0.15) is 96.8 Å². The van der Waals surface area contributed by atoms with Crippen LogP contribution in [0, 0.1) is 45.3 Å². The number of ether oxygens (including phenoxy) is 10. The molecular weight excluding hydrogens is 1240 g/mol. The Kier molecular flexibility index (Phi) is 20.4. The van der Waals surface area contributed by atoms with Gasteiger partial charge in [-0.05, 0) is 87.4 Å². The normalized spacial score (nSPS) is 47.1. The van der Waals surface area contributed by atoms with E-state index in [0.29, 0.717) is 38.5 Å². The monoisotopic (exact) mass is 1320 g/mol. The van der Waals surface area contributed by atoms with Crippen molar-refractivity contribution in [3.8, 4) is 0 Å².